The number of ether oxygens (including phenoxy) is 3. The largest absolute Gasteiger partial charge is 0.497 e. The minimum atomic E-state index is -0.692. The van der Waals surface area contributed by atoms with Crippen LogP contribution in [0.3, 0.4) is 0 Å². The lowest BCUT2D eigenvalue weighted by molar-refractivity contribution is -0.140. The first kappa shape index (κ1) is 30.7. The summed E-state index contributed by atoms with van der Waals surface area (Å²) >= 11 is 0. The van der Waals surface area contributed by atoms with E-state index in [4.69, 9.17) is 14.2 Å². The maximum absolute atomic E-state index is 14.1. The van der Waals surface area contributed by atoms with Crippen molar-refractivity contribution >= 4 is 11.8 Å². The Labute approximate surface area is 249 Å². The number of methoxy groups -OCH3 is 3. The molecule has 42 heavy (non-hydrogen) atoms. The van der Waals surface area contributed by atoms with Crippen molar-refractivity contribution in [2.75, 3.05) is 27.9 Å². The second kappa shape index (κ2) is 15.7. The Kier molecular flexibility index (Phi) is 11.4. The molecular formula is C35H42N2O5. The Balaban J connectivity index is 1.62. The van der Waals surface area contributed by atoms with Crippen LogP contribution >= 0.6 is 0 Å². The van der Waals surface area contributed by atoms with Crippen molar-refractivity contribution in [3.8, 4) is 17.2 Å². The number of nitrogens with one attached hydrogen (secondary N) is 1. The van der Waals surface area contributed by atoms with Crippen LogP contribution in [0.1, 0.15) is 48.8 Å². The smallest absolute Gasteiger partial charge is 0.243 e. The van der Waals surface area contributed by atoms with Crippen molar-refractivity contribution in [1.82, 2.24) is 10.2 Å². The number of benzene rings is 3. The van der Waals surface area contributed by atoms with Crippen molar-refractivity contribution in [2.45, 2.75) is 57.5 Å². The molecule has 3 aromatic carbocycles. The van der Waals surface area contributed by atoms with Crippen LogP contribution in [0, 0.1) is 0 Å². The van der Waals surface area contributed by atoms with E-state index in [1.165, 1.54) is 18.4 Å². The van der Waals surface area contributed by atoms with E-state index in [1.807, 2.05) is 66.7 Å². The van der Waals surface area contributed by atoms with E-state index in [-0.39, 0.29) is 24.8 Å². The van der Waals surface area contributed by atoms with Gasteiger partial charge in [-0.15, -0.1) is 0 Å². The van der Waals surface area contributed by atoms with Gasteiger partial charge < -0.3 is 24.4 Å². The van der Waals surface area contributed by atoms with Gasteiger partial charge in [0, 0.05) is 19.5 Å². The fourth-order valence-electron chi connectivity index (χ4n) is 5.34. The zero-order chi connectivity index (χ0) is 29.7. The number of carbonyl (C=O) groups is 2. The van der Waals surface area contributed by atoms with E-state index in [0.29, 0.717) is 24.5 Å². The Morgan fingerprint density at radius 3 is 2.24 bits per heavy atom. The minimum Gasteiger partial charge on any atom is -0.497 e. The van der Waals surface area contributed by atoms with E-state index in [1.54, 1.807) is 32.3 Å². The van der Waals surface area contributed by atoms with Crippen molar-refractivity contribution in [2.24, 2.45) is 0 Å². The molecule has 0 saturated carbocycles. The lowest BCUT2D eigenvalue weighted by Crippen LogP contribution is -2.51. The van der Waals surface area contributed by atoms with Crippen LogP contribution in [0.15, 0.2) is 84.4 Å². The van der Waals surface area contributed by atoms with Gasteiger partial charge in [-0.2, -0.15) is 0 Å². The predicted molar refractivity (Wildman–Crippen MR) is 165 cm³/mol. The van der Waals surface area contributed by atoms with Crippen LogP contribution < -0.4 is 19.5 Å². The molecule has 0 aromatic heterocycles. The third-order valence-corrected chi connectivity index (χ3v) is 7.72. The predicted octanol–water partition coefficient (Wildman–Crippen LogP) is 5.90. The molecule has 2 amide bonds. The molecule has 1 atom stereocenters. The molecule has 1 unspecified atom stereocenters. The van der Waals surface area contributed by atoms with Crippen LogP contribution in [0.25, 0.3) is 0 Å². The minimum absolute atomic E-state index is 0.113. The quantitative estimate of drug-likeness (QED) is 0.244. The highest BCUT2D eigenvalue weighted by Crippen LogP contribution is 2.28. The first-order valence-electron chi connectivity index (χ1n) is 14.6. The van der Waals surface area contributed by atoms with Crippen LogP contribution in [0.5, 0.6) is 17.2 Å². The van der Waals surface area contributed by atoms with Gasteiger partial charge in [-0.3, -0.25) is 9.59 Å². The van der Waals surface area contributed by atoms with E-state index in [0.717, 1.165) is 41.7 Å². The second-order valence-electron chi connectivity index (χ2n) is 10.6. The molecule has 0 fully saturated rings. The molecule has 0 saturated heterocycles. The van der Waals surface area contributed by atoms with Crippen LogP contribution in [0.4, 0.5) is 0 Å². The highest BCUT2D eigenvalue weighted by atomic mass is 16.5. The number of amides is 2. The number of nitrogens with zero attached hydrogens (tertiary/aromatic N) is 1. The van der Waals surface area contributed by atoms with Crippen LogP contribution in [-0.4, -0.2) is 50.6 Å². The summed E-state index contributed by atoms with van der Waals surface area (Å²) in [5.41, 5.74) is 4.09. The maximum Gasteiger partial charge on any atom is 0.243 e. The molecule has 0 bridgehead atoms. The third-order valence-electron chi connectivity index (χ3n) is 7.72. The van der Waals surface area contributed by atoms with E-state index < -0.39 is 6.04 Å². The van der Waals surface area contributed by atoms with E-state index in [9.17, 15) is 9.59 Å². The summed E-state index contributed by atoms with van der Waals surface area (Å²) in [6, 6.07) is 22.2. The molecular weight excluding hydrogens is 528 g/mol. The second-order valence-corrected chi connectivity index (χ2v) is 10.6. The molecule has 1 aliphatic carbocycles. The monoisotopic (exact) mass is 570 g/mol. The van der Waals surface area contributed by atoms with Gasteiger partial charge in [0.1, 0.15) is 11.8 Å². The van der Waals surface area contributed by atoms with Gasteiger partial charge in [-0.05, 0) is 73.1 Å². The molecule has 1 aliphatic rings. The number of rotatable bonds is 14. The summed E-state index contributed by atoms with van der Waals surface area (Å²) < 4.78 is 16.2. The summed E-state index contributed by atoms with van der Waals surface area (Å²) in [4.78, 5) is 29.7. The summed E-state index contributed by atoms with van der Waals surface area (Å²) in [6.45, 7) is 0.836. The highest BCUT2D eigenvalue weighted by Gasteiger charge is 2.30. The van der Waals surface area contributed by atoms with Crippen molar-refractivity contribution in [3.05, 3.63) is 101 Å². The SMILES string of the molecule is COc1ccc(CN(C(=O)Cc2ccc(OC)c(OC)c2)C(Cc2ccccc2)C(=O)NCCC2=CCCCC2)cc1. The van der Waals surface area contributed by atoms with Gasteiger partial charge in [0.2, 0.25) is 11.8 Å². The van der Waals surface area contributed by atoms with Crippen molar-refractivity contribution in [1.29, 1.82) is 0 Å². The summed E-state index contributed by atoms with van der Waals surface area (Å²) in [7, 11) is 4.78. The van der Waals surface area contributed by atoms with Gasteiger partial charge in [0.05, 0.1) is 27.8 Å². The van der Waals surface area contributed by atoms with Crippen molar-refractivity contribution < 1.29 is 23.8 Å². The standard InChI is InChI=1S/C35H42N2O5/c1-40-30-17-14-28(15-18-30)25-37(34(38)24-29-16-19-32(41-2)33(23-29)42-3)31(22-27-12-8-5-9-13-27)35(39)36-21-20-26-10-6-4-7-11-26/h5,8-10,12-19,23,31H,4,6-7,11,20-22,24-25H2,1-3H3,(H,36,39). The first-order chi connectivity index (χ1) is 20.5. The van der Waals surface area contributed by atoms with Crippen molar-refractivity contribution in [3.63, 3.8) is 0 Å². The van der Waals surface area contributed by atoms with E-state index in [2.05, 4.69) is 11.4 Å². The molecule has 7 nitrogen and oxygen atoms in total. The number of carbonyl (C=O) groups excluding carboxylic acids is 2. The van der Waals surface area contributed by atoms with Crippen LogP contribution in [0.2, 0.25) is 0 Å². The lowest BCUT2D eigenvalue weighted by atomic mass is 9.97. The maximum atomic E-state index is 14.1. The molecule has 0 radical (unpaired) electrons. The Morgan fingerprint density at radius 1 is 0.833 bits per heavy atom. The van der Waals surface area contributed by atoms with Gasteiger partial charge in [0.25, 0.3) is 0 Å². The topological polar surface area (TPSA) is 77.1 Å². The number of hydrogen-bond donors (Lipinski definition) is 1. The molecule has 0 spiro atoms. The Hall–Kier alpha value is -4.26. The average molecular weight is 571 g/mol. The zero-order valence-corrected chi connectivity index (χ0v) is 24.9. The summed E-state index contributed by atoms with van der Waals surface area (Å²) in [6.07, 6.45) is 8.30. The molecule has 0 aliphatic heterocycles. The molecule has 4 rings (SSSR count). The number of allylic oxidation sites excluding steroid dienone is 1. The lowest BCUT2D eigenvalue weighted by Gasteiger charge is -2.32. The van der Waals surface area contributed by atoms with Gasteiger partial charge in [-0.1, -0.05) is 60.2 Å². The molecule has 1 N–H and O–H groups in total. The Morgan fingerprint density at radius 2 is 1.57 bits per heavy atom. The average Bonchev–Trinajstić information content (AvgIpc) is 3.03. The molecule has 3 aromatic rings. The summed E-state index contributed by atoms with van der Waals surface area (Å²) in [5.74, 6) is 1.59. The molecule has 0 heterocycles. The zero-order valence-electron chi connectivity index (χ0n) is 24.9. The van der Waals surface area contributed by atoms with Gasteiger partial charge in [0.15, 0.2) is 11.5 Å². The van der Waals surface area contributed by atoms with E-state index >= 15 is 0 Å². The fourth-order valence-corrected chi connectivity index (χ4v) is 5.34. The third kappa shape index (κ3) is 8.62. The highest BCUT2D eigenvalue weighted by molar-refractivity contribution is 5.89. The van der Waals surface area contributed by atoms with Crippen LogP contribution in [-0.2, 0) is 29.0 Å². The molecule has 222 valence electrons. The van der Waals surface area contributed by atoms with Gasteiger partial charge in [-0.25, -0.2) is 0 Å². The van der Waals surface area contributed by atoms with Gasteiger partial charge >= 0.3 is 0 Å². The normalized spacial score (nSPS) is 13.5. The summed E-state index contributed by atoms with van der Waals surface area (Å²) in [5, 5.41) is 3.16. The molecule has 7 heteroatoms. The first-order valence-corrected chi connectivity index (χ1v) is 14.6. The number of hydrogen-bond acceptors (Lipinski definition) is 5. The fraction of sp³-hybridized carbons (Fsp3) is 0.371. The Bertz CT molecular complexity index is 1340.